The summed E-state index contributed by atoms with van der Waals surface area (Å²) in [6, 6.07) is 3.65. The van der Waals surface area contributed by atoms with Crippen molar-refractivity contribution in [2.75, 3.05) is 6.54 Å². The second kappa shape index (κ2) is 10.2. The van der Waals surface area contributed by atoms with Gasteiger partial charge in [-0.2, -0.15) is 0 Å². The third-order valence-corrected chi connectivity index (χ3v) is 5.35. The first-order chi connectivity index (χ1) is 14.0. The average molecular weight is 458 g/mol. The van der Waals surface area contributed by atoms with Gasteiger partial charge in [-0.3, -0.25) is 24.5 Å². The molecule has 1 aromatic rings. The quantitative estimate of drug-likeness (QED) is 0.445. The molecule has 3 N–H and O–H groups in total. The van der Waals surface area contributed by atoms with Crippen LogP contribution in [0, 0.1) is 5.41 Å². The van der Waals surface area contributed by atoms with Crippen LogP contribution in [0.15, 0.2) is 18.2 Å². The molecule has 8 nitrogen and oxygen atoms in total. The van der Waals surface area contributed by atoms with Crippen LogP contribution in [0.2, 0.25) is 10.0 Å². The highest BCUT2D eigenvalue weighted by molar-refractivity contribution is 6.42. The summed E-state index contributed by atoms with van der Waals surface area (Å²) in [5.74, 6) is -1.25. The molecule has 1 aliphatic rings. The topological polar surface area (TPSA) is 114 Å². The highest BCUT2D eigenvalue weighted by Gasteiger charge is 2.37. The second-order valence-corrected chi connectivity index (χ2v) is 8.95. The van der Waals surface area contributed by atoms with E-state index in [9.17, 15) is 19.2 Å². The van der Waals surface area contributed by atoms with Crippen molar-refractivity contribution in [1.29, 1.82) is 0 Å². The Bertz CT molecular complexity index is 825. The van der Waals surface area contributed by atoms with Crippen molar-refractivity contribution in [3.05, 3.63) is 33.8 Å². The van der Waals surface area contributed by atoms with E-state index in [1.54, 1.807) is 20.8 Å². The summed E-state index contributed by atoms with van der Waals surface area (Å²) in [7, 11) is 0. The van der Waals surface area contributed by atoms with E-state index in [-0.39, 0.29) is 24.0 Å². The van der Waals surface area contributed by atoms with Gasteiger partial charge in [-0.1, -0.05) is 23.2 Å². The van der Waals surface area contributed by atoms with E-state index in [1.807, 2.05) is 0 Å². The van der Waals surface area contributed by atoms with Crippen LogP contribution in [-0.2, 0) is 19.1 Å². The average Bonchev–Trinajstić information content (AvgIpc) is 2.65. The monoisotopic (exact) mass is 457 g/mol. The van der Waals surface area contributed by atoms with Crippen LogP contribution in [0.1, 0.15) is 44.0 Å². The Kier molecular flexibility index (Phi) is 8.23. The summed E-state index contributed by atoms with van der Waals surface area (Å²) < 4.78 is 5.63. The molecular weight excluding hydrogens is 433 g/mol. The molecule has 0 spiro atoms. The largest absolute Gasteiger partial charge is 0.458 e. The number of hydrogen-bond acceptors (Lipinski definition) is 6. The second-order valence-electron chi connectivity index (χ2n) is 8.13. The van der Waals surface area contributed by atoms with Gasteiger partial charge in [0.25, 0.3) is 5.91 Å². The fraction of sp³-hybridized carbons (Fsp3) is 0.500. The Labute approximate surface area is 185 Å². The van der Waals surface area contributed by atoms with Crippen LogP contribution in [0.3, 0.4) is 0 Å². The first-order valence-corrected chi connectivity index (χ1v) is 10.2. The molecule has 0 saturated carbocycles. The van der Waals surface area contributed by atoms with Crippen molar-refractivity contribution in [2.45, 2.75) is 51.8 Å². The standard InChI is InChI=1S/C20H25Cl2N3O5/c1-20(2,3)19(29)30-16-9-23-12(8-17(27)24-10-26)7-15(16)25-18(28)11-4-5-13(21)14(22)6-11/h4-6,10,12,15-16,23H,7-9H2,1-3H3,(H,25,28)(H,24,26,27)/t12?,15-,16-/m0/s1. The van der Waals surface area contributed by atoms with Gasteiger partial charge in [0, 0.05) is 24.6 Å². The SMILES string of the molecule is CC(C)(C)C(=O)O[C@H]1CNC(CC(=O)NC=O)C[C@@H]1NC(=O)c1ccc(Cl)c(Cl)c1. The van der Waals surface area contributed by atoms with Gasteiger partial charge in [0.05, 0.1) is 21.5 Å². The lowest BCUT2D eigenvalue weighted by Gasteiger charge is -2.37. The van der Waals surface area contributed by atoms with Gasteiger partial charge >= 0.3 is 5.97 Å². The maximum atomic E-state index is 12.7. The van der Waals surface area contributed by atoms with Crippen molar-refractivity contribution in [2.24, 2.45) is 5.41 Å². The third kappa shape index (κ3) is 6.68. The molecule has 10 heteroatoms. The number of halogens is 2. The highest BCUT2D eigenvalue weighted by Crippen LogP contribution is 2.24. The Hall–Kier alpha value is -2.16. The summed E-state index contributed by atoms with van der Waals surface area (Å²) in [6.07, 6.45) is 0.0517. The molecule has 30 heavy (non-hydrogen) atoms. The van der Waals surface area contributed by atoms with Crippen molar-refractivity contribution in [3.63, 3.8) is 0 Å². The number of nitrogens with one attached hydrogen (secondary N) is 3. The molecule has 1 unspecified atom stereocenters. The van der Waals surface area contributed by atoms with E-state index in [1.165, 1.54) is 18.2 Å². The Balaban J connectivity index is 2.15. The number of rotatable bonds is 6. The molecule has 1 fully saturated rings. The number of carbonyl (C=O) groups is 4. The van der Waals surface area contributed by atoms with Crippen molar-refractivity contribution in [3.8, 4) is 0 Å². The fourth-order valence-electron chi connectivity index (χ4n) is 2.95. The first-order valence-electron chi connectivity index (χ1n) is 9.44. The molecular formula is C20H25Cl2N3O5. The maximum Gasteiger partial charge on any atom is 0.311 e. The summed E-state index contributed by atoms with van der Waals surface area (Å²) in [4.78, 5) is 47.3. The molecule has 0 aliphatic carbocycles. The highest BCUT2D eigenvalue weighted by atomic mass is 35.5. The minimum Gasteiger partial charge on any atom is -0.458 e. The van der Waals surface area contributed by atoms with Gasteiger partial charge in [0.1, 0.15) is 6.10 Å². The Morgan fingerprint density at radius 2 is 1.93 bits per heavy atom. The molecule has 3 atom stereocenters. The van der Waals surface area contributed by atoms with E-state index in [0.29, 0.717) is 23.4 Å². The zero-order valence-corrected chi connectivity index (χ0v) is 18.5. The molecule has 1 aromatic carbocycles. The zero-order chi connectivity index (χ0) is 22.5. The number of ether oxygens (including phenoxy) is 1. The lowest BCUT2D eigenvalue weighted by atomic mass is 9.93. The lowest BCUT2D eigenvalue weighted by molar-refractivity contribution is -0.161. The first kappa shape index (κ1) is 24.1. The Morgan fingerprint density at radius 3 is 2.53 bits per heavy atom. The van der Waals surface area contributed by atoms with Gasteiger partial charge in [0.15, 0.2) is 0 Å². The molecule has 2 rings (SSSR count). The minimum absolute atomic E-state index is 0.0395. The predicted molar refractivity (Wildman–Crippen MR) is 112 cm³/mol. The molecule has 1 saturated heterocycles. The van der Waals surface area contributed by atoms with E-state index in [2.05, 4.69) is 16.0 Å². The van der Waals surface area contributed by atoms with Gasteiger partial charge in [-0.05, 0) is 45.4 Å². The number of piperidine rings is 1. The van der Waals surface area contributed by atoms with E-state index >= 15 is 0 Å². The summed E-state index contributed by atoms with van der Waals surface area (Å²) in [6.45, 7) is 5.46. The molecule has 0 aromatic heterocycles. The zero-order valence-electron chi connectivity index (χ0n) is 17.0. The summed E-state index contributed by atoms with van der Waals surface area (Å²) >= 11 is 11.9. The van der Waals surface area contributed by atoms with Crippen molar-refractivity contribution in [1.82, 2.24) is 16.0 Å². The number of hydrogen-bond donors (Lipinski definition) is 3. The van der Waals surface area contributed by atoms with E-state index in [4.69, 9.17) is 27.9 Å². The van der Waals surface area contributed by atoms with Gasteiger partial charge in [-0.25, -0.2) is 0 Å². The summed E-state index contributed by atoms with van der Waals surface area (Å²) in [5.41, 5.74) is -0.405. The number of imide groups is 1. The van der Waals surface area contributed by atoms with Gasteiger partial charge in [-0.15, -0.1) is 0 Å². The molecule has 0 radical (unpaired) electrons. The Morgan fingerprint density at radius 1 is 1.23 bits per heavy atom. The molecule has 1 heterocycles. The molecule has 0 bridgehead atoms. The summed E-state index contributed by atoms with van der Waals surface area (Å²) in [5, 5.41) is 8.66. The third-order valence-electron chi connectivity index (χ3n) is 4.62. The van der Waals surface area contributed by atoms with Gasteiger partial charge in [0.2, 0.25) is 12.3 Å². The van der Waals surface area contributed by atoms with E-state index in [0.717, 1.165) is 0 Å². The number of esters is 1. The lowest BCUT2D eigenvalue weighted by Crippen LogP contribution is -2.58. The molecule has 164 valence electrons. The smallest absolute Gasteiger partial charge is 0.311 e. The number of benzene rings is 1. The minimum atomic E-state index is -0.709. The van der Waals surface area contributed by atoms with E-state index < -0.39 is 35.3 Å². The van der Waals surface area contributed by atoms with Crippen LogP contribution in [0.4, 0.5) is 0 Å². The number of carbonyl (C=O) groups excluding carboxylic acids is 4. The fourth-order valence-corrected chi connectivity index (χ4v) is 3.25. The van der Waals surface area contributed by atoms with Crippen molar-refractivity contribution >= 4 is 47.4 Å². The van der Waals surface area contributed by atoms with Crippen LogP contribution in [0.25, 0.3) is 0 Å². The van der Waals surface area contributed by atoms with Crippen LogP contribution in [0.5, 0.6) is 0 Å². The van der Waals surface area contributed by atoms with Crippen molar-refractivity contribution < 1.29 is 23.9 Å². The van der Waals surface area contributed by atoms with Crippen LogP contribution in [-0.4, -0.2) is 48.9 Å². The van der Waals surface area contributed by atoms with Crippen LogP contribution >= 0.6 is 23.2 Å². The normalized spacial score (nSPS) is 21.4. The maximum absolute atomic E-state index is 12.7. The van der Waals surface area contributed by atoms with Crippen LogP contribution < -0.4 is 16.0 Å². The van der Waals surface area contributed by atoms with Gasteiger partial charge < -0.3 is 15.4 Å². The predicted octanol–water partition coefficient (Wildman–Crippen LogP) is 2.07. The molecule has 3 amide bonds. The number of amides is 3. The molecule has 1 aliphatic heterocycles.